The van der Waals surface area contributed by atoms with Gasteiger partial charge in [0, 0.05) is 30.7 Å². The molecule has 1 saturated heterocycles. The molecule has 0 bridgehead atoms. The molecule has 0 radical (unpaired) electrons. The fourth-order valence-corrected chi connectivity index (χ4v) is 2.77. The van der Waals surface area contributed by atoms with Crippen molar-refractivity contribution >= 4 is 28.3 Å². The molecule has 0 aliphatic carbocycles. The highest BCUT2D eigenvalue weighted by atomic mass is 32.1. The Morgan fingerprint density at radius 3 is 3.05 bits per heavy atom. The number of piperidine rings is 1. The average Bonchev–Trinajstić information content (AvgIpc) is 3.00. The normalized spacial score (nSPS) is 19.3. The summed E-state index contributed by atoms with van der Waals surface area (Å²) in [4.78, 5) is 30.0. The number of allylic oxidation sites excluding steroid dienone is 3. The maximum absolute atomic E-state index is 12.2. The zero-order valence-corrected chi connectivity index (χ0v) is 12.8. The molecule has 5 nitrogen and oxygen atoms in total. The fourth-order valence-electron chi connectivity index (χ4n) is 2.24. The van der Waals surface area contributed by atoms with Gasteiger partial charge >= 0.3 is 0 Å². The molecule has 0 aromatic carbocycles. The van der Waals surface area contributed by atoms with Crippen LogP contribution >= 0.6 is 11.3 Å². The monoisotopic (exact) mass is 305 g/mol. The first kappa shape index (κ1) is 15.4. The molecule has 0 saturated carbocycles. The number of anilines is 1. The SMILES string of the molecule is CC=CC=CC(=O)N1CCCC(C(=O)Nc2nccs2)C1. The van der Waals surface area contributed by atoms with Crippen LogP contribution in [-0.2, 0) is 9.59 Å². The minimum Gasteiger partial charge on any atom is -0.338 e. The molecular weight excluding hydrogens is 286 g/mol. The van der Waals surface area contributed by atoms with Crippen LogP contribution in [0.25, 0.3) is 0 Å². The van der Waals surface area contributed by atoms with Crippen molar-refractivity contribution in [3.05, 3.63) is 35.9 Å². The highest BCUT2D eigenvalue weighted by Gasteiger charge is 2.27. The van der Waals surface area contributed by atoms with Crippen LogP contribution in [0, 0.1) is 5.92 Å². The van der Waals surface area contributed by atoms with Gasteiger partial charge in [0.05, 0.1) is 5.92 Å². The molecule has 0 spiro atoms. The van der Waals surface area contributed by atoms with Crippen molar-refractivity contribution in [2.24, 2.45) is 5.92 Å². The second-order valence-corrected chi connectivity index (χ2v) is 5.73. The minimum atomic E-state index is -0.165. The van der Waals surface area contributed by atoms with Crippen LogP contribution in [0.5, 0.6) is 0 Å². The Morgan fingerprint density at radius 2 is 2.33 bits per heavy atom. The van der Waals surface area contributed by atoms with Crippen LogP contribution in [0.2, 0.25) is 0 Å². The smallest absolute Gasteiger partial charge is 0.246 e. The van der Waals surface area contributed by atoms with Crippen LogP contribution in [0.4, 0.5) is 5.13 Å². The summed E-state index contributed by atoms with van der Waals surface area (Å²) in [6, 6.07) is 0. The molecule has 112 valence electrons. The summed E-state index contributed by atoms with van der Waals surface area (Å²) >= 11 is 1.39. The van der Waals surface area contributed by atoms with E-state index in [0.717, 1.165) is 12.8 Å². The lowest BCUT2D eigenvalue weighted by molar-refractivity contribution is -0.130. The summed E-state index contributed by atoms with van der Waals surface area (Å²) in [7, 11) is 0. The van der Waals surface area contributed by atoms with Crippen LogP contribution in [0.1, 0.15) is 19.8 Å². The standard InChI is InChI=1S/C15H19N3O2S/c1-2-3-4-7-13(19)18-9-5-6-12(11-18)14(20)17-15-16-8-10-21-15/h2-4,7-8,10,12H,5-6,9,11H2,1H3,(H,16,17,20). The number of thiazole rings is 1. The quantitative estimate of drug-likeness (QED) is 0.686. The van der Waals surface area contributed by atoms with Gasteiger partial charge in [0.15, 0.2) is 5.13 Å². The van der Waals surface area contributed by atoms with Crippen LogP contribution in [-0.4, -0.2) is 34.8 Å². The number of rotatable bonds is 4. The highest BCUT2D eigenvalue weighted by Crippen LogP contribution is 2.20. The minimum absolute atomic E-state index is 0.0418. The topological polar surface area (TPSA) is 62.3 Å². The molecule has 21 heavy (non-hydrogen) atoms. The first-order valence-electron chi connectivity index (χ1n) is 6.99. The molecule has 2 amide bonds. The van der Waals surface area contributed by atoms with E-state index in [4.69, 9.17) is 0 Å². The van der Waals surface area contributed by atoms with E-state index in [0.29, 0.717) is 18.2 Å². The van der Waals surface area contributed by atoms with Gasteiger partial charge < -0.3 is 10.2 Å². The van der Waals surface area contributed by atoms with Gasteiger partial charge in [0.1, 0.15) is 0 Å². The van der Waals surface area contributed by atoms with Gasteiger partial charge in [-0.15, -0.1) is 11.3 Å². The maximum atomic E-state index is 12.2. The second-order valence-electron chi connectivity index (χ2n) is 4.83. The number of nitrogens with one attached hydrogen (secondary N) is 1. The molecule has 2 heterocycles. The lowest BCUT2D eigenvalue weighted by Gasteiger charge is -2.31. The van der Waals surface area contributed by atoms with Crippen molar-refractivity contribution < 1.29 is 9.59 Å². The number of aromatic nitrogens is 1. The van der Waals surface area contributed by atoms with Crippen molar-refractivity contribution in [2.45, 2.75) is 19.8 Å². The molecule has 1 aliphatic heterocycles. The third-order valence-electron chi connectivity index (χ3n) is 3.31. The van der Waals surface area contributed by atoms with Crippen molar-refractivity contribution in [2.75, 3.05) is 18.4 Å². The number of amides is 2. The molecule has 1 aromatic heterocycles. The van der Waals surface area contributed by atoms with Crippen LogP contribution < -0.4 is 5.32 Å². The second kappa shape index (κ2) is 7.73. The lowest BCUT2D eigenvalue weighted by atomic mass is 9.97. The van der Waals surface area contributed by atoms with Gasteiger partial charge in [-0.25, -0.2) is 4.98 Å². The molecule has 6 heteroatoms. The van der Waals surface area contributed by atoms with Crippen LogP contribution in [0.3, 0.4) is 0 Å². The average molecular weight is 305 g/mol. The van der Waals surface area contributed by atoms with Crippen molar-refractivity contribution in [1.82, 2.24) is 9.88 Å². The number of carbonyl (C=O) groups is 2. The number of hydrogen-bond donors (Lipinski definition) is 1. The first-order chi connectivity index (χ1) is 10.2. The Morgan fingerprint density at radius 1 is 1.48 bits per heavy atom. The summed E-state index contributed by atoms with van der Waals surface area (Å²) in [5.41, 5.74) is 0. The van der Waals surface area contributed by atoms with Crippen LogP contribution in [0.15, 0.2) is 35.9 Å². The van der Waals surface area contributed by atoms with E-state index < -0.39 is 0 Å². The molecule has 2 rings (SSSR count). The van der Waals surface area contributed by atoms with Gasteiger partial charge in [0.2, 0.25) is 11.8 Å². The van der Waals surface area contributed by atoms with E-state index in [-0.39, 0.29) is 17.7 Å². The Hall–Kier alpha value is -1.95. The third kappa shape index (κ3) is 4.53. The molecule has 1 fully saturated rings. The Kier molecular flexibility index (Phi) is 5.68. The first-order valence-corrected chi connectivity index (χ1v) is 7.87. The van der Waals surface area contributed by atoms with Gasteiger partial charge in [-0.2, -0.15) is 0 Å². The fraction of sp³-hybridized carbons (Fsp3) is 0.400. The zero-order chi connectivity index (χ0) is 15.1. The van der Waals surface area contributed by atoms with E-state index in [2.05, 4.69) is 10.3 Å². The largest absolute Gasteiger partial charge is 0.338 e. The Balaban J connectivity index is 1.90. The molecule has 1 aliphatic rings. The van der Waals surface area contributed by atoms with E-state index in [9.17, 15) is 9.59 Å². The third-order valence-corrected chi connectivity index (χ3v) is 4.00. The van der Waals surface area contributed by atoms with Crippen molar-refractivity contribution in [1.29, 1.82) is 0 Å². The summed E-state index contributed by atoms with van der Waals surface area (Å²) in [6.07, 6.45) is 10.3. The molecular formula is C15H19N3O2S. The predicted octanol–water partition coefficient (Wildman–Crippen LogP) is 2.45. The number of carbonyl (C=O) groups excluding carboxylic acids is 2. The molecule has 1 aromatic rings. The van der Waals surface area contributed by atoms with Gasteiger partial charge in [-0.05, 0) is 19.8 Å². The summed E-state index contributed by atoms with van der Waals surface area (Å²) in [6.45, 7) is 3.07. The Bertz CT molecular complexity index is 537. The highest BCUT2D eigenvalue weighted by molar-refractivity contribution is 7.13. The van der Waals surface area contributed by atoms with Gasteiger partial charge in [0.25, 0.3) is 0 Å². The predicted molar refractivity (Wildman–Crippen MR) is 84.0 cm³/mol. The Labute approximate surface area is 128 Å². The van der Waals surface area contributed by atoms with E-state index in [1.54, 1.807) is 23.2 Å². The number of likely N-dealkylation sites (tertiary alicyclic amines) is 1. The molecule has 1 unspecified atom stereocenters. The maximum Gasteiger partial charge on any atom is 0.246 e. The number of hydrogen-bond acceptors (Lipinski definition) is 4. The van der Waals surface area contributed by atoms with E-state index in [1.165, 1.54) is 11.3 Å². The van der Waals surface area contributed by atoms with Gasteiger partial charge in [-0.3, -0.25) is 9.59 Å². The van der Waals surface area contributed by atoms with E-state index in [1.807, 2.05) is 24.5 Å². The van der Waals surface area contributed by atoms with E-state index >= 15 is 0 Å². The zero-order valence-electron chi connectivity index (χ0n) is 12.0. The summed E-state index contributed by atoms with van der Waals surface area (Å²) in [5.74, 6) is -0.263. The lowest BCUT2D eigenvalue weighted by Crippen LogP contribution is -2.43. The summed E-state index contributed by atoms with van der Waals surface area (Å²) in [5, 5.41) is 5.23. The number of nitrogens with zero attached hydrogens (tertiary/aromatic N) is 2. The van der Waals surface area contributed by atoms with Crippen molar-refractivity contribution in [3.63, 3.8) is 0 Å². The molecule has 1 N–H and O–H groups in total. The summed E-state index contributed by atoms with van der Waals surface area (Å²) < 4.78 is 0. The molecule has 1 atom stereocenters. The van der Waals surface area contributed by atoms with Gasteiger partial charge in [-0.1, -0.05) is 18.2 Å². The van der Waals surface area contributed by atoms with Crippen molar-refractivity contribution in [3.8, 4) is 0 Å².